The number of sulfonamides is 1. The van der Waals surface area contributed by atoms with E-state index < -0.39 is 16.1 Å². The van der Waals surface area contributed by atoms with Crippen molar-refractivity contribution >= 4 is 10.0 Å². The van der Waals surface area contributed by atoms with Gasteiger partial charge in [0.05, 0.1) is 4.90 Å². The Kier molecular flexibility index (Phi) is 4.95. The molecule has 3 aromatic rings. The summed E-state index contributed by atoms with van der Waals surface area (Å²) in [6, 6.07) is 13.1. The normalized spacial score (nSPS) is 19.7. The highest BCUT2D eigenvalue weighted by Crippen LogP contribution is 2.37. The van der Waals surface area contributed by atoms with E-state index in [1.165, 1.54) is 16.3 Å². The first-order valence-electron chi connectivity index (χ1n) is 10.6. The monoisotopic (exact) mass is 423 g/mol. The third-order valence-corrected chi connectivity index (χ3v) is 8.04. The molecular formula is C23H25N3O3S. The second kappa shape index (κ2) is 7.63. The fraction of sp³-hybridized carbons (Fsp3) is 0.391. The Morgan fingerprint density at radius 2 is 1.87 bits per heavy atom. The van der Waals surface area contributed by atoms with Gasteiger partial charge in [0.1, 0.15) is 6.04 Å². The summed E-state index contributed by atoms with van der Waals surface area (Å²) in [5, 5.41) is 4.11. The zero-order chi connectivity index (χ0) is 20.7. The first-order valence-corrected chi connectivity index (χ1v) is 12.0. The molecular weight excluding hydrogens is 398 g/mol. The van der Waals surface area contributed by atoms with Crippen LogP contribution in [0.15, 0.2) is 51.9 Å². The van der Waals surface area contributed by atoms with Crippen LogP contribution in [-0.4, -0.2) is 29.4 Å². The summed E-state index contributed by atoms with van der Waals surface area (Å²) in [4.78, 5) is 4.92. The van der Waals surface area contributed by atoms with E-state index in [4.69, 9.17) is 4.52 Å². The molecule has 2 heterocycles. The molecule has 156 valence electrons. The summed E-state index contributed by atoms with van der Waals surface area (Å²) in [5.41, 5.74) is 4.42. The summed E-state index contributed by atoms with van der Waals surface area (Å²) in [6.07, 6.45) is 5.73. The van der Waals surface area contributed by atoms with Gasteiger partial charge in [-0.15, -0.1) is 0 Å². The van der Waals surface area contributed by atoms with E-state index in [1.54, 1.807) is 6.07 Å². The average Bonchev–Trinajstić information content (AvgIpc) is 3.43. The van der Waals surface area contributed by atoms with Crippen LogP contribution < -0.4 is 0 Å². The molecule has 7 heteroatoms. The highest BCUT2D eigenvalue weighted by Gasteiger charge is 2.39. The molecule has 2 aliphatic rings. The number of aromatic nitrogens is 2. The van der Waals surface area contributed by atoms with Gasteiger partial charge in [-0.25, -0.2) is 8.42 Å². The molecule has 2 aromatic carbocycles. The minimum Gasteiger partial charge on any atom is -0.337 e. The van der Waals surface area contributed by atoms with Crippen molar-refractivity contribution in [1.82, 2.24) is 14.4 Å². The van der Waals surface area contributed by atoms with Gasteiger partial charge in [-0.05, 0) is 74.8 Å². The van der Waals surface area contributed by atoms with Crippen molar-refractivity contribution in [3.05, 3.63) is 65.0 Å². The van der Waals surface area contributed by atoms with Crippen LogP contribution in [0, 0.1) is 6.92 Å². The predicted molar refractivity (Wildman–Crippen MR) is 113 cm³/mol. The lowest BCUT2D eigenvalue weighted by Crippen LogP contribution is -2.31. The summed E-state index contributed by atoms with van der Waals surface area (Å²) in [6.45, 7) is 2.47. The zero-order valence-electron chi connectivity index (χ0n) is 17.0. The van der Waals surface area contributed by atoms with E-state index in [1.807, 2.05) is 43.3 Å². The lowest BCUT2D eigenvalue weighted by atomic mass is 9.92. The molecule has 5 rings (SSSR count). The molecule has 1 aromatic heterocycles. The Hall–Kier alpha value is -2.51. The van der Waals surface area contributed by atoms with Gasteiger partial charge in [0.15, 0.2) is 0 Å². The Morgan fingerprint density at radius 1 is 1.03 bits per heavy atom. The summed E-state index contributed by atoms with van der Waals surface area (Å²) in [7, 11) is -3.63. The van der Waals surface area contributed by atoms with E-state index in [-0.39, 0.29) is 0 Å². The van der Waals surface area contributed by atoms with Crippen molar-refractivity contribution < 1.29 is 12.9 Å². The Labute approximate surface area is 177 Å². The smallest absolute Gasteiger partial charge is 0.245 e. The first-order chi connectivity index (χ1) is 14.5. The molecule has 0 radical (unpaired) electrons. The molecule has 1 unspecified atom stereocenters. The van der Waals surface area contributed by atoms with Crippen LogP contribution in [0.3, 0.4) is 0 Å². The van der Waals surface area contributed by atoms with Crippen LogP contribution in [0.5, 0.6) is 0 Å². The van der Waals surface area contributed by atoms with Gasteiger partial charge >= 0.3 is 0 Å². The lowest BCUT2D eigenvalue weighted by Gasteiger charge is -2.23. The van der Waals surface area contributed by atoms with Gasteiger partial charge in [-0.3, -0.25) is 0 Å². The molecule has 0 N–H and O–H groups in total. The van der Waals surface area contributed by atoms with Gasteiger partial charge < -0.3 is 4.52 Å². The zero-order valence-corrected chi connectivity index (χ0v) is 17.9. The van der Waals surface area contributed by atoms with Crippen molar-refractivity contribution in [3.8, 4) is 11.4 Å². The lowest BCUT2D eigenvalue weighted by molar-refractivity contribution is 0.290. The van der Waals surface area contributed by atoms with Crippen LogP contribution in [-0.2, 0) is 22.9 Å². The number of hydrogen-bond donors (Lipinski definition) is 0. The Morgan fingerprint density at radius 3 is 2.70 bits per heavy atom. The molecule has 1 aliphatic carbocycles. The number of rotatable bonds is 4. The fourth-order valence-electron chi connectivity index (χ4n) is 4.55. The second-order valence-electron chi connectivity index (χ2n) is 8.24. The fourth-order valence-corrected chi connectivity index (χ4v) is 6.25. The summed E-state index contributed by atoms with van der Waals surface area (Å²) >= 11 is 0. The van der Waals surface area contributed by atoms with Crippen LogP contribution in [0.4, 0.5) is 0 Å². The van der Waals surface area contributed by atoms with E-state index in [9.17, 15) is 8.42 Å². The molecule has 1 atom stereocenters. The van der Waals surface area contributed by atoms with Crippen LogP contribution in [0.25, 0.3) is 11.4 Å². The number of nitrogens with zero attached hydrogens (tertiary/aromatic N) is 3. The quantitative estimate of drug-likeness (QED) is 0.620. The molecule has 0 spiro atoms. The third-order valence-electron chi connectivity index (χ3n) is 6.13. The molecule has 1 aliphatic heterocycles. The number of fused-ring (bicyclic) bond motifs is 1. The van der Waals surface area contributed by atoms with E-state index in [0.29, 0.717) is 29.6 Å². The van der Waals surface area contributed by atoms with Gasteiger partial charge in [0.2, 0.25) is 21.7 Å². The molecule has 1 fully saturated rings. The van der Waals surface area contributed by atoms with Crippen molar-refractivity contribution in [2.75, 3.05) is 6.54 Å². The minimum absolute atomic E-state index is 0.366. The summed E-state index contributed by atoms with van der Waals surface area (Å²) in [5.74, 6) is 0.859. The minimum atomic E-state index is -3.63. The van der Waals surface area contributed by atoms with Gasteiger partial charge in [0.25, 0.3) is 0 Å². The van der Waals surface area contributed by atoms with E-state index >= 15 is 0 Å². The molecule has 30 heavy (non-hydrogen) atoms. The second-order valence-corrected chi connectivity index (χ2v) is 10.1. The number of benzene rings is 2. The summed E-state index contributed by atoms with van der Waals surface area (Å²) < 4.78 is 34.0. The maximum atomic E-state index is 13.5. The Bertz CT molecular complexity index is 1190. The Balaban J connectivity index is 1.45. The highest BCUT2D eigenvalue weighted by atomic mass is 32.2. The van der Waals surface area contributed by atoms with Crippen LogP contribution in [0.2, 0.25) is 0 Å². The van der Waals surface area contributed by atoms with Crippen molar-refractivity contribution in [2.24, 2.45) is 0 Å². The average molecular weight is 424 g/mol. The standard InChI is InChI=1S/C23H25N3O3S/c1-16-6-4-9-19(14-16)22-24-23(29-25-22)21-10-5-13-26(21)30(27,28)20-12-11-17-7-2-3-8-18(17)15-20/h4,6,9,11-12,14-15,21H,2-3,5,7-8,10,13H2,1H3. The maximum Gasteiger partial charge on any atom is 0.245 e. The van der Waals surface area contributed by atoms with Gasteiger partial charge in [-0.2, -0.15) is 9.29 Å². The molecule has 1 saturated heterocycles. The number of aryl methyl sites for hydroxylation is 3. The van der Waals surface area contributed by atoms with Crippen LogP contribution in [0.1, 0.15) is 54.3 Å². The third kappa shape index (κ3) is 3.46. The predicted octanol–water partition coefficient (Wildman–Crippen LogP) is 4.45. The molecule has 6 nitrogen and oxygen atoms in total. The van der Waals surface area contributed by atoms with Crippen molar-refractivity contribution in [3.63, 3.8) is 0 Å². The van der Waals surface area contributed by atoms with Crippen molar-refractivity contribution in [2.45, 2.75) is 56.4 Å². The largest absolute Gasteiger partial charge is 0.337 e. The topological polar surface area (TPSA) is 76.3 Å². The van der Waals surface area contributed by atoms with E-state index in [2.05, 4.69) is 10.1 Å². The number of hydrogen-bond acceptors (Lipinski definition) is 5. The highest BCUT2D eigenvalue weighted by molar-refractivity contribution is 7.89. The van der Waals surface area contributed by atoms with Crippen LogP contribution >= 0.6 is 0 Å². The molecule has 0 bridgehead atoms. The molecule has 0 amide bonds. The van der Waals surface area contributed by atoms with Gasteiger partial charge in [0, 0.05) is 12.1 Å². The van der Waals surface area contributed by atoms with E-state index in [0.717, 1.165) is 42.4 Å². The maximum absolute atomic E-state index is 13.5. The van der Waals surface area contributed by atoms with Gasteiger partial charge in [-0.1, -0.05) is 35.0 Å². The SMILES string of the molecule is Cc1cccc(-c2noc(C3CCCN3S(=O)(=O)c3ccc4c(c3)CCCC4)n2)c1. The molecule has 0 saturated carbocycles. The van der Waals surface area contributed by atoms with Crippen molar-refractivity contribution in [1.29, 1.82) is 0 Å². The first kappa shape index (κ1) is 19.5.